The number of carbonyl (C=O) groups is 3. The molecule has 0 radical (unpaired) electrons. The molecule has 1 aromatic rings. The van der Waals surface area contributed by atoms with Crippen LogP contribution in [0.25, 0.3) is 0 Å². The van der Waals surface area contributed by atoms with E-state index in [-0.39, 0.29) is 31.0 Å². The number of ketones is 1. The van der Waals surface area contributed by atoms with E-state index in [0.29, 0.717) is 23.3 Å². The zero-order valence-corrected chi connectivity index (χ0v) is 21.6. The Bertz CT molecular complexity index is 1040. The van der Waals surface area contributed by atoms with Crippen molar-refractivity contribution in [3.05, 3.63) is 52.4 Å². The van der Waals surface area contributed by atoms with Crippen LogP contribution in [-0.4, -0.2) is 58.2 Å². The van der Waals surface area contributed by atoms with Crippen molar-refractivity contribution in [2.75, 3.05) is 39.3 Å². The van der Waals surface area contributed by atoms with Crippen LogP contribution in [0.15, 0.2) is 46.8 Å². The molecule has 3 atom stereocenters. The van der Waals surface area contributed by atoms with Crippen molar-refractivity contribution in [1.29, 1.82) is 0 Å². The van der Waals surface area contributed by atoms with Gasteiger partial charge < -0.3 is 24.4 Å². The Morgan fingerprint density at radius 3 is 2.37 bits per heavy atom. The number of ether oxygens (including phenoxy) is 3. The summed E-state index contributed by atoms with van der Waals surface area (Å²) in [6, 6.07) is 7.72. The minimum absolute atomic E-state index is 0.0266. The molecule has 3 rings (SSSR count). The number of Topliss-reactive ketones (excluding diaryl/α,β-unsaturated/α-hetero) is 1. The van der Waals surface area contributed by atoms with Crippen molar-refractivity contribution in [3.8, 4) is 0 Å². The van der Waals surface area contributed by atoms with E-state index in [0.717, 1.165) is 16.9 Å². The summed E-state index contributed by atoms with van der Waals surface area (Å²) >= 11 is 0. The third kappa shape index (κ3) is 5.59. The molecule has 0 saturated carbocycles. The Labute approximate surface area is 207 Å². The standard InChI is InChI=1S/C27H36N2O6/c1-15(2)34-12-13-35-27(32)22-17(4)28-20-14-16(3)21(26(31)33-7)25(30)24(20)23(22)18-8-10-19(11-9-18)29(5)6/h8-11,15-16,21,23,28H,12-14H2,1-7H3/t16-,21-,23+/m1/s1. The van der Waals surface area contributed by atoms with Gasteiger partial charge in [-0.15, -0.1) is 0 Å². The fraction of sp³-hybridized carbons (Fsp3) is 0.519. The second-order valence-corrected chi connectivity index (χ2v) is 9.58. The zero-order chi connectivity index (χ0) is 25.9. The number of methoxy groups -OCH3 is 1. The summed E-state index contributed by atoms with van der Waals surface area (Å²) in [6.07, 6.45) is 0.522. The summed E-state index contributed by atoms with van der Waals surface area (Å²) in [5, 5.41) is 3.27. The quantitative estimate of drug-likeness (QED) is 0.341. The number of anilines is 1. The summed E-state index contributed by atoms with van der Waals surface area (Å²) in [7, 11) is 5.17. The van der Waals surface area contributed by atoms with E-state index < -0.39 is 23.8 Å². The second kappa shape index (κ2) is 11.1. The SMILES string of the molecule is COC(=O)[C@H]1C(=O)C2=C(C[C@H]1C)NC(C)=C(C(=O)OCCOC(C)C)[C@@H]2c1ccc(N(C)C)cc1. The first-order chi connectivity index (χ1) is 16.6. The Kier molecular flexibility index (Phi) is 8.38. The molecule has 0 unspecified atom stereocenters. The first-order valence-corrected chi connectivity index (χ1v) is 12.0. The number of allylic oxidation sites excluding steroid dienone is 3. The van der Waals surface area contributed by atoms with Gasteiger partial charge >= 0.3 is 11.9 Å². The van der Waals surface area contributed by atoms with Gasteiger partial charge in [-0.05, 0) is 50.8 Å². The van der Waals surface area contributed by atoms with Gasteiger partial charge in [0.1, 0.15) is 12.5 Å². The van der Waals surface area contributed by atoms with Crippen LogP contribution >= 0.6 is 0 Å². The molecular formula is C27H36N2O6. The van der Waals surface area contributed by atoms with Crippen LogP contribution in [0.3, 0.4) is 0 Å². The Hall–Kier alpha value is -3.13. The lowest BCUT2D eigenvalue weighted by Crippen LogP contribution is -2.43. The van der Waals surface area contributed by atoms with Gasteiger partial charge in [-0.1, -0.05) is 19.1 Å². The molecule has 8 nitrogen and oxygen atoms in total. The van der Waals surface area contributed by atoms with Gasteiger partial charge in [-0.25, -0.2) is 4.79 Å². The number of dihydropyridines is 1. The summed E-state index contributed by atoms with van der Waals surface area (Å²) in [5.74, 6) is -3.20. The zero-order valence-electron chi connectivity index (χ0n) is 21.6. The number of esters is 2. The molecule has 0 saturated heterocycles. The lowest BCUT2D eigenvalue weighted by molar-refractivity contribution is -0.151. The van der Waals surface area contributed by atoms with Crippen molar-refractivity contribution in [3.63, 3.8) is 0 Å². The van der Waals surface area contributed by atoms with Crippen molar-refractivity contribution in [1.82, 2.24) is 5.32 Å². The normalized spacial score (nSPS) is 22.1. The summed E-state index contributed by atoms with van der Waals surface area (Å²) < 4.78 is 16.0. The molecule has 1 aromatic carbocycles. The Morgan fingerprint density at radius 1 is 1.14 bits per heavy atom. The highest BCUT2D eigenvalue weighted by molar-refractivity contribution is 6.12. The highest BCUT2D eigenvalue weighted by Crippen LogP contribution is 2.45. The van der Waals surface area contributed by atoms with E-state index in [4.69, 9.17) is 14.2 Å². The number of nitrogens with one attached hydrogen (secondary N) is 1. The predicted octanol–water partition coefficient (Wildman–Crippen LogP) is 3.33. The molecule has 0 spiro atoms. The van der Waals surface area contributed by atoms with Gasteiger partial charge in [-0.2, -0.15) is 0 Å². The van der Waals surface area contributed by atoms with Crippen LogP contribution in [0, 0.1) is 11.8 Å². The molecule has 0 fully saturated rings. The van der Waals surface area contributed by atoms with Crippen LogP contribution in [0.2, 0.25) is 0 Å². The predicted molar refractivity (Wildman–Crippen MR) is 133 cm³/mol. The van der Waals surface area contributed by atoms with E-state index in [1.165, 1.54) is 7.11 Å². The Balaban J connectivity index is 2.05. The number of hydrogen-bond donors (Lipinski definition) is 1. The Morgan fingerprint density at radius 2 is 1.80 bits per heavy atom. The van der Waals surface area contributed by atoms with Crippen molar-refractivity contribution >= 4 is 23.4 Å². The first-order valence-electron chi connectivity index (χ1n) is 12.0. The smallest absolute Gasteiger partial charge is 0.336 e. The minimum atomic E-state index is -0.917. The molecule has 35 heavy (non-hydrogen) atoms. The third-order valence-corrected chi connectivity index (χ3v) is 6.47. The average molecular weight is 485 g/mol. The van der Waals surface area contributed by atoms with E-state index >= 15 is 0 Å². The van der Waals surface area contributed by atoms with Crippen LogP contribution in [-0.2, 0) is 28.6 Å². The maximum absolute atomic E-state index is 13.7. The molecule has 190 valence electrons. The van der Waals surface area contributed by atoms with E-state index in [1.807, 2.05) is 71.0 Å². The molecule has 0 amide bonds. The van der Waals surface area contributed by atoms with Crippen LogP contribution in [0.4, 0.5) is 5.69 Å². The number of carbonyl (C=O) groups excluding carboxylic acids is 3. The fourth-order valence-corrected chi connectivity index (χ4v) is 4.75. The monoisotopic (exact) mass is 484 g/mol. The van der Waals surface area contributed by atoms with Gasteiger partial charge in [0.2, 0.25) is 0 Å². The largest absolute Gasteiger partial charge is 0.468 e. The summed E-state index contributed by atoms with van der Waals surface area (Å²) in [4.78, 5) is 41.6. The van der Waals surface area contributed by atoms with Gasteiger partial charge in [0.05, 0.1) is 25.4 Å². The first kappa shape index (κ1) is 26.5. The van der Waals surface area contributed by atoms with Gasteiger partial charge in [0.15, 0.2) is 5.78 Å². The van der Waals surface area contributed by atoms with Crippen LogP contribution < -0.4 is 10.2 Å². The molecule has 8 heteroatoms. The summed E-state index contributed by atoms with van der Waals surface area (Å²) in [5.41, 5.74) is 3.92. The van der Waals surface area contributed by atoms with E-state index in [9.17, 15) is 14.4 Å². The number of benzene rings is 1. The molecule has 0 bridgehead atoms. The highest BCUT2D eigenvalue weighted by atomic mass is 16.6. The molecule has 1 heterocycles. The van der Waals surface area contributed by atoms with Crippen LogP contribution in [0.1, 0.15) is 45.6 Å². The van der Waals surface area contributed by atoms with Crippen molar-refractivity contribution in [2.24, 2.45) is 11.8 Å². The lowest BCUT2D eigenvalue weighted by atomic mass is 9.69. The van der Waals surface area contributed by atoms with Crippen LogP contribution in [0.5, 0.6) is 0 Å². The average Bonchev–Trinajstić information content (AvgIpc) is 2.80. The van der Waals surface area contributed by atoms with Crippen molar-refractivity contribution < 1.29 is 28.6 Å². The topological polar surface area (TPSA) is 94.2 Å². The molecule has 1 aliphatic carbocycles. The highest BCUT2D eigenvalue weighted by Gasteiger charge is 2.47. The third-order valence-electron chi connectivity index (χ3n) is 6.47. The van der Waals surface area contributed by atoms with Crippen molar-refractivity contribution in [2.45, 2.75) is 46.1 Å². The van der Waals surface area contributed by atoms with E-state index in [2.05, 4.69) is 5.32 Å². The van der Waals surface area contributed by atoms with Gasteiger partial charge in [0, 0.05) is 42.7 Å². The van der Waals surface area contributed by atoms with E-state index in [1.54, 1.807) is 0 Å². The lowest BCUT2D eigenvalue weighted by Gasteiger charge is -2.38. The summed E-state index contributed by atoms with van der Waals surface area (Å²) in [6.45, 7) is 7.88. The minimum Gasteiger partial charge on any atom is -0.468 e. The molecule has 1 N–H and O–H groups in total. The van der Waals surface area contributed by atoms with Gasteiger partial charge in [-0.3, -0.25) is 9.59 Å². The maximum Gasteiger partial charge on any atom is 0.336 e. The second-order valence-electron chi connectivity index (χ2n) is 9.58. The maximum atomic E-state index is 13.7. The fourth-order valence-electron chi connectivity index (χ4n) is 4.75. The van der Waals surface area contributed by atoms with Gasteiger partial charge in [0.25, 0.3) is 0 Å². The molecule has 1 aliphatic heterocycles. The molecule has 0 aromatic heterocycles. The number of hydrogen-bond acceptors (Lipinski definition) is 8. The molecule has 2 aliphatic rings. The number of nitrogens with zero attached hydrogens (tertiary/aromatic N) is 1. The molecular weight excluding hydrogens is 448 g/mol. The number of rotatable bonds is 8.